The summed E-state index contributed by atoms with van der Waals surface area (Å²) in [6, 6.07) is 7.35. The zero-order chi connectivity index (χ0) is 14.5. The first kappa shape index (κ1) is 16.1. The summed E-state index contributed by atoms with van der Waals surface area (Å²) < 4.78 is 15.9. The minimum absolute atomic E-state index is 0.140. The number of hydrogen-bond donors (Lipinski definition) is 1. The molecule has 0 fully saturated rings. The summed E-state index contributed by atoms with van der Waals surface area (Å²) in [6.07, 6.45) is 1.71. The lowest BCUT2D eigenvalue weighted by molar-refractivity contribution is 0.514. The Bertz CT molecular complexity index is 571. The Kier molecular flexibility index (Phi) is 6.20. The van der Waals surface area contributed by atoms with Crippen LogP contribution in [-0.2, 0) is 6.42 Å². The van der Waals surface area contributed by atoms with E-state index in [0.29, 0.717) is 6.42 Å². The molecule has 0 saturated heterocycles. The van der Waals surface area contributed by atoms with Gasteiger partial charge in [0.1, 0.15) is 5.82 Å². The van der Waals surface area contributed by atoms with Gasteiger partial charge in [0, 0.05) is 10.5 Å². The van der Waals surface area contributed by atoms with Crippen molar-refractivity contribution in [1.29, 1.82) is 0 Å². The average molecular weight is 421 g/mol. The van der Waals surface area contributed by atoms with E-state index in [9.17, 15) is 4.39 Å². The highest BCUT2D eigenvalue weighted by Gasteiger charge is 2.15. The molecule has 0 radical (unpaired) electrons. The number of benzene rings is 1. The number of halogens is 3. The minimum Gasteiger partial charge on any atom is -0.310 e. The van der Waals surface area contributed by atoms with Crippen LogP contribution in [0.3, 0.4) is 0 Å². The SMILES string of the molecule is CCCNC(Cc1cc(Br)ccc1F)c1csc(Br)c1. The van der Waals surface area contributed by atoms with Crippen LogP contribution < -0.4 is 5.32 Å². The molecule has 1 heterocycles. The fraction of sp³-hybridized carbons (Fsp3) is 0.333. The molecule has 1 aromatic heterocycles. The maximum atomic E-state index is 13.9. The monoisotopic (exact) mass is 419 g/mol. The predicted octanol–water partition coefficient (Wildman–Crippen LogP) is 5.70. The van der Waals surface area contributed by atoms with Gasteiger partial charge in [0.25, 0.3) is 0 Å². The smallest absolute Gasteiger partial charge is 0.126 e. The van der Waals surface area contributed by atoms with E-state index in [1.807, 2.05) is 6.07 Å². The Morgan fingerprint density at radius 2 is 2.10 bits per heavy atom. The third kappa shape index (κ3) is 4.38. The van der Waals surface area contributed by atoms with Gasteiger partial charge >= 0.3 is 0 Å². The van der Waals surface area contributed by atoms with Crippen LogP contribution in [0.2, 0.25) is 0 Å². The highest BCUT2D eigenvalue weighted by Crippen LogP contribution is 2.28. The molecule has 2 aromatic rings. The molecule has 2 rings (SSSR count). The minimum atomic E-state index is -0.147. The molecule has 0 amide bonds. The molecule has 0 aliphatic carbocycles. The zero-order valence-corrected chi connectivity index (χ0v) is 15.1. The topological polar surface area (TPSA) is 12.0 Å². The zero-order valence-electron chi connectivity index (χ0n) is 11.1. The molecule has 5 heteroatoms. The second-order valence-electron chi connectivity index (χ2n) is 4.63. The van der Waals surface area contributed by atoms with Gasteiger partial charge in [-0.15, -0.1) is 11.3 Å². The third-order valence-electron chi connectivity index (χ3n) is 3.06. The van der Waals surface area contributed by atoms with Crippen LogP contribution in [0.5, 0.6) is 0 Å². The molecule has 0 bridgehead atoms. The highest BCUT2D eigenvalue weighted by molar-refractivity contribution is 9.11. The van der Waals surface area contributed by atoms with Crippen LogP contribution in [0.25, 0.3) is 0 Å². The van der Waals surface area contributed by atoms with Crippen LogP contribution in [0.1, 0.15) is 30.5 Å². The van der Waals surface area contributed by atoms with Gasteiger partial charge in [-0.25, -0.2) is 4.39 Å². The van der Waals surface area contributed by atoms with Crippen LogP contribution >= 0.6 is 43.2 Å². The van der Waals surface area contributed by atoms with Crippen molar-refractivity contribution in [2.24, 2.45) is 0 Å². The lowest BCUT2D eigenvalue weighted by atomic mass is 10.0. The molecule has 108 valence electrons. The Labute approximate surface area is 139 Å². The van der Waals surface area contributed by atoms with Crippen LogP contribution in [0, 0.1) is 5.82 Å². The van der Waals surface area contributed by atoms with Gasteiger partial charge in [-0.3, -0.25) is 0 Å². The summed E-state index contributed by atoms with van der Waals surface area (Å²) in [7, 11) is 0. The first-order valence-corrected chi connectivity index (χ1v) is 8.98. The normalized spacial score (nSPS) is 12.6. The van der Waals surface area contributed by atoms with E-state index >= 15 is 0 Å². The van der Waals surface area contributed by atoms with E-state index in [1.165, 1.54) is 11.6 Å². The second-order valence-corrected chi connectivity index (χ2v) is 7.84. The number of rotatable bonds is 6. The lowest BCUT2D eigenvalue weighted by Crippen LogP contribution is -2.24. The number of hydrogen-bond acceptors (Lipinski definition) is 2. The molecule has 1 N–H and O–H groups in total. The van der Waals surface area contributed by atoms with Gasteiger partial charge in [-0.2, -0.15) is 0 Å². The van der Waals surface area contributed by atoms with Crippen molar-refractivity contribution in [3.8, 4) is 0 Å². The summed E-state index contributed by atoms with van der Waals surface area (Å²) in [4.78, 5) is 0. The fourth-order valence-corrected chi connectivity index (χ4v) is 3.69. The van der Waals surface area contributed by atoms with Crippen molar-refractivity contribution in [1.82, 2.24) is 5.32 Å². The highest BCUT2D eigenvalue weighted by atomic mass is 79.9. The molecule has 1 atom stereocenters. The Hall–Kier alpha value is -0.230. The summed E-state index contributed by atoms with van der Waals surface area (Å²) >= 11 is 8.55. The van der Waals surface area contributed by atoms with E-state index < -0.39 is 0 Å². The van der Waals surface area contributed by atoms with Crippen molar-refractivity contribution in [2.75, 3.05) is 6.54 Å². The van der Waals surface area contributed by atoms with E-state index in [-0.39, 0.29) is 11.9 Å². The Balaban J connectivity index is 2.21. The quantitative estimate of drug-likeness (QED) is 0.632. The fourth-order valence-electron chi connectivity index (χ4n) is 2.05. The summed E-state index contributed by atoms with van der Waals surface area (Å²) in [5, 5.41) is 5.62. The van der Waals surface area contributed by atoms with Gasteiger partial charge in [0.2, 0.25) is 0 Å². The summed E-state index contributed by atoms with van der Waals surface area (Å²) in [5.41, 5.74) is 1.94. The van der Waals surface area contributed by atoms with Crippen LogP contribution in [0.15, 0.2) is 37.9 Å². The second kappa shape index (κ2) is 7.69. The molecular weight excluding hydrogens is 405 g/mol. The van der Waals surface area contributed by atoms with Crippen molar-refractivity contribution in [3.05, 3.63) is 54.8 Å². The van der Waals surface area contributed by atoms with Crippen LogP contribution in [-0.4, -0.2) is 6.54 Å². The average Bonchev–Trinajstić information content (AvgIpc) is 2.85. The van der Waals surface area contributed by atoms with Gasteiger partial charge < -0.3 is 5.32 Å². The molecule has 0 spiro atoms. The van der Waals surface area contributed by atoms with E-state index in [0.717, 1.165) is 26.8 Å². The molecule has 0 aliphatic heterocycles. The molecular formula is C15H16Br2FNS. The molecule has 0 saturated carbocycles. The summed E-state index contributed by atoms with van der Waals surface area (Å²) in [6.45, 7) is 3.06. The Morgan fingerprint density at radius 1 is 1.30 bits per heavy atom. The molecule has 1 aromatic carbocycles. The van der Waals surface area contributed by atoms with Gasteiger partial charge in [-0.05, 0) is 76.1 Å². The summed E-state index contributed by atoms with van der Waals surface area (Å²) in [5.74, 6) is -0.147. The standard InChI is InChI=1S/C15H16Br2FNS/c1-2-5-19-14(11-8-15(17)20-9-11)7-10-6-12(16)3-4-13(10)18/h3-4,6,8-9,14,19H,2,5,7H2,1H3. The van der Waals surface area contributed by atoms with E-state index in [2.05, 4.69) is 55.5 Å². The largest absolute Gasteiger partial charge is 0.310 e. The van der Waals surface area contributed by atoms with Crippen molar-refractivity contribution in [2.45, 2.75) is 25.8 Å². The predicted molar refractivity (Wildman–Crippen MR) is 90.9 cm³/mol. The first-order chi connectivity index (χ1) is 9.60. The Morgan fingerprint density at radius 3 is 2.75 bits per heavy atom. The first-order valence-electron chi connectivity index (χ1n) is 6.51. The maximum Gasteiger partial charge on any atom is 0.126 e. The molecule has 1 nitrogen and oxygen atoms in total. The van der Waals surface area contributed by atoms with E-state index in [1.54, 1.807) is 17.4 Å². The van der Waals surface area contributed by atoms with Crippen molar-refractivity contribution in [3.63, 3.8) is 0 Å². The number of thiophene rings is 1. The van der Waals surface area contributed by atoms with Gasteiger partial charge in [-0.1, -0.05) is 22.9 Å². The number of nitrogens with one attached hydrogen (secondary N) is 1. The van der Waals surface area contributed by atoms with Gasteiger partial charge in [0.05, 0.1) is 3.79 Å². The third-order valence-corrected chi connectivity index (χ3v) is 5.08. The van der Waals surface area contributed by atoms with Gasteiger partial charge in [0.15, 0.2) is 0 Å². The lowest BCUT2D eigenvalue weighted by Gasteiger charge is -2.18. The van der Waals surface area contributed by atoms with Crippen molar-refractivity contribution >= 4 is 43.2 Å². The van der Waals surface area contributed by atoms with E-state index in [4.69, 9.17) is 0 Å². The molecule has 20 heavy (non-hydrogen) atoms. The molecule has 0 aliphatic rings. The van der Waals surface area contributed by atoms with Crippen molar-refractivity contribution < 1.29 is 4.39 Å². The molecule has 1 unspecified atom stereocenters. The maximum absolute atomic E-state index is 13.9. The van der Waals surface area contributed by atoms with Crippen LogP contribution in [0.4, 0.5) is 4.39 Å².